The fourth-order valence-corrected chi connectivity index (χ4v) is 4.24. The van der Waals surface area contributed by atoms with Gasteiger partial charge in [0, 0.05) is 43.9 Å². The number of likely N-dealkylation sites (N-methyl/N-ethyl adjacent to an activating group) is 1. The molecule has 2 aliphatic heterocycles. The Morgan fingerprint density at radius 3 is 2.17 bits per heavy atom. The number of aliphatic imine (C=N–C) groups is 1. The number of amidine groups is 1. The van der Waals surface area contributed by atoms with E-state index in [1.807, 2.05) is 0 Å². The molecule has 2 aromatic rings. The minimum Gasteiger partial charge on any atom is -0.478 e. The number of carboxylic acid groups (broad SMARTS) is 2. The van der Waals surface area contributed by atoms with Crippen molar-refractivity contribution in [3.05, 3.63) is 83.4 Å². The van der Waals surface area contributed by atoms with Crippen LogP contribution in [-0.4, -0.2) is 70.5 Å². The summed E-state index contributed by atoms with van der Waals surface area (Å²) >= 11 is 0. The van der Waals surface area contributed by atoms with E-state index in [1.54, 1.807) is 0 Å². The van der Waals surface area contributed by atoms with Crippen molar-refractivity contribution >= 4 is 29.0 Å². The van der Waals surface area contributed by atoms with Gasteiger partial charge >= 0.3 is 11.9 Å². The molecule has 0 saturated carbocycles. The number of allylic oxidation sites excluding steroid dienone is 1. The summed E-state index contributed by atoms with van der Waals surface area (Å²) in [5.41, 5.74) is 6.38. The number of hydrogen-bond donors (Lipinski definition) is 2. The summed E-state index contributed by atoms with van der Waals surface area (Å²) in [5.74, 6) is -0.838. The molecular weight excluding hydrogens is 454 g/mol. The Hall–Kier alpha value is -3.71. The number of carboxylic acids is 2. The van der Waals surface area contributed by atoms with Crippen molar-refractivity contribution in [3.8, 4) is 0 Å². The van der Waals surface area contributed by atoms with Crippen LogP contribution in [0, 0.1) is 0 Å². The molecule has 1 saturated heterocycles. The molecule has 2 N–H and O–H groups in total. The lowest BCUT2D eigenvalue weighted by molar-refractivity contribution is -0.134. The SMILES string of the molecule is CCN1CCN(C2=Nc3ccc(C(C)C)cc3CC=C2c2ccccc2)CC1.O=C(O)/C=C/C(=O)O. The lowest BCUT2D eigenvalue weighted by Gasteiger charge is -2.36. The molecule has 2 heterocycles. The van der Waals surface area contributed by atoms with Crippen LogP contribution in [0.1, 0.15) is 43.4 Å². The van der Waals surface area contributed by atoms with Crippen LogP contribution in [0.3, 0.4) is 0 Å². The maximum Gasteiger partial charge on any atom is 0.328 e. The van der Waals surface area contributed by atoms with Crippen molar-refractivity contribution in [3.63, 3.8) is 0 Å². The molecule has 2 aliphatic rings. The highest BCUT2D eigenvalue weighted by Gasteiger charge is 2.24. The summed E-state index contributed by atoms with van der Waals surface area (Å²) in [7, 11) is 0. The van der Waals surface area contributed by atoms with E-state index in [1.165, 1.54) is 22.3 Å². The van der Waals surface area contributed by atoms with Crippen molar-refractivity contribution in [2.45, 2.75) is 33.1 Å². The lowest BCUT2D eigenvalue weighted by atomic mass is 9.97. The van der Waals surface area contributed by atoms with Crippen molar-refractivity contribution in [2.75, 3.05) is 32.7 Å². The third-order valence-electron chi connectivity index (χ3n) is 6.34. The van der Waals surface area contributed by atoms with Crippen LogP contribution >= 0.6 is 0 Å². The third-order valence-corrected chi connectivity index (χ3v) is 6.34. The van der Waals surface area contributed by atoms with Crippen LogP contribution in [0.15, 0.2) is 71.8 Å². The first-order valence-corrected chi connectivity index (χ1v) is 12.4. The van der Waals surface area contributed by atoms with Gasteiger partial charge in [0.05, 0.1) is 5.69 Å². The maximum atomic E-state index is 9.55. The Morgan fingerprint density at radius 2 is 1.61 bits per heavy atom. The normalized spacial score (nSPS) is 15.9. The van der Waals surface area contributed by atoms with E-state index in [4.69, 9.17) is 15.2 Å². The molecule has 0 aliphatic carbocycles. The van der Waals surface area contributed by atoms with Crippen LogP contribution in [0.2, 0.25) is 0 Å². The van der Waals surface area contributed by atoms with Gasteiger partial charge in [-0.2, -0.15) is 0 Å². The molecule has 0 unspecified atom stereocenters. The Kier molecular flexibility index (Phi) is 9.59. The van der Waals surface area contributed by atoms with Crippen LogP contribution in [0.5, 0.6) is 0 Å². The van der Waals surface area contributed by atoms with Gasteiger partial charge in [0.15, 0.2) is 0 Å². The highest BCUT2D eigenvalue weighted by atomic mass is 16.4. The summed E-state index contributed by atoms with van der Waals surface area (Å²) in [4.78, 5) is 29.3. The van der Waals surface area contributed by atoms with Crippen LogP contribution in [-0.2, 0) is 16.0 Å². The topological polar surface area (TPSA) is 93.4 Å². The zero-order valence-electron chi connectivity index (χ0n) is 21.2. The highest BCUT2D eigenvalue weighted by molar-refractivity contribution is 6.23. The standard InChI is InChI=1S/C25H31N3.C4H4O4/c1-4-27-14-16-28(17-15-27)25-23(20-8-6-5-7-9-20)12-10-22-18-21(19(2)3)11-13-24(22)26-25;5-3(6)1-2-4(7)8/h5-9,11-13,18-19H,4,10,14-17H2,1-3H3;1-2H,(H,5,6)(H,7,8)/b;2-1+. The largest absolute Gasteiger partial charge is 0.478 e. The summed E-state index contributed by atoms with van der Waals surface area (Å²) in [5, 5.41) is 15.6. The van der Waals surface area contributed by atoms with Gasteiger partial charge in [0.25, 0.3) is 0 Å². The first-order chi connectivity index (χ1) is 17.3. The van der Waals surface area contributed by atoms with Gasteiger partial charge in [-0.3, -0.25) is 0 Å². The quantitative estimate of drug-likeness (QED) is 0.585. The summed E-state index contributed by atoms with van der Waals surface area (Å²) in [6.45, 7) is 12.2. The molecule has 0 aromatic heterocycles. The van der Waals surface area contributed by atoms with E-state index in [-0.39, 0.29) is 0 Å². The third kappa shape index (κ3) is 7.39. The number of piperazine rings is 1. The molecule has 1 fully saturated rings. The fraction of sp³-hybridized carbons (Fsp3) is 0.345. The number of fused-ring (bicyclic) bond motifs is 1. The monoisotopic (exact) mass is 489 g/mol. The van der Waals surface area contributed by atoms with Gasteiger partial charge in [-0.05, 0) is 41.6 Å². The van der Waals surface area contributed by atoms with Gasteiger partial charge in [-0.15, -0.1) is 0 Å². The summed E-state index contributed by atoms with van der Waals surface area (Å²) in [6, 6.07) is 17.6. The number of nitrogens with zero attached hydrogens (tertiary/aromatic N) is 3. The second-order valence-corrected chi connectivity index (χ2v) is 9.10. The molecule has 4 rings (SSSR count). The van der Waals surface area contributed by atoms with Gasteiger partial charge in [0.1, 0.15) is 5.84 Å². The zero-order valence-corrected chi connectivity index (χ0v) is 21.2. The van der Waals surface area contributed by atoms with E-state index in [0.717, 1.165) is 50.7 Å². The number of aliphatic carboxylic acids is 2. The first kappa shape index (κ1) is 26.9. The van der Waals surface area contributed by atoms with E-state index >= 15 is 0 Å². The predicted molar refractivity (Wildman–Crippen MR) is 144 cm³/mol. The maximum absolute atomic E-state index is 9.55. The molecular formula is C29H35N3O4. The Morgan fingerprint density at radius 1 is 0.972 bits per heavy atom. The summed E-state index contributed by atoms with van der Waals surface area (Å²) < 4.78 is 0. The molecule has 7 nitrogen and oxygen atoms in total. The molecule has 2 aromatic carbocycles. The second kappa shape index (κ2) is 12.8. The van der Waals surface area contributed by atoms with Crippen molar-refractivity contribution in [1.82, 2.24) is 9.80 Å². The zero-order chi connectivity index (χ0) is 26.1. The lowest BCUT2D eigenvalue weighted by Crippen LogP contribution is -2.48. The Bertz CT molecular complexity index is 1130. The van der Waals surface area contributed by atoms with Crippen LogP contribution in [0.25, 0.3) is 5.57 Å². The fourth-order valence-electron chi connectivity index (χ4n) is 4.24. The first-order valence-electron chi connectivity index (χ1n) is 12.4. The van der Waals surface area contributed by atoms with E-state index in [2.05, 4.69) is 85.2 Å². The predicted octanol–water partition coefficient (Wildman–Crippen LogP) is 4.83. The average molecular weight is 490 g/mol. The van der Waals surface area contributed by atoms with E-state index in [9.17, 15) is 9.59 Å². The van der Waals surface area contributed by atoms with Gasteiger partial charge in [-0.25, -0.2) is 14.6 Å². The van der Waals surface area contributed by atoms with Crippen LogP contribution < -0.4 is 0 Å². The summed E-state index contributed by atoms with van der Waals surface area (Å²) in [6.07, 6.45) is 4.43. The number of benzene rings is 2. The van der Waals surface area contributed by atoms with Gasteiger partial charge in [0.2, 0.25) is 0 Å². The highest BCUT2D eigenvalue weighted by Crippen LogP contribution is 2.32. The van der Waals surface area contributed by atoms with Crippen molar-refractivity contribution in [2.24, 2.45) is 4.99 Å². The molecule has 7 heteroatoms. The second-order valence-electron chi connectivity index (χ2n) is 9.10. The molecule has 0 amide bonds. The van der Waals surface area contributed by atoms with Crippen molar-refractivity contribution in [1.29, 1.82) is 0 Å². The number of carbonyl (C=O) groups is 2. The molecule has 36 heavy (non-hydrogen) atoms. The Labute approximate surface area is 213 Å². The van der Waals surface area contributed by atoms with E-state index in [0.29, 0.717) is 18.1 Å². The van der Waals surface area contributed by atoms with Gasteiger partial charge < -0.3 is 20.0 Å². The van der Waals surface area contributed by atoms with Crippen LogP contribution in [0.4, 0.5) is 5.69 Å². The molecule has 190 valence electrons. The molecule has 0 spiro atoms. The number of rotatable bonds is 5. The average Bonchev–Trinajstić information content (AvgIpc) is 3.07. The molecule has 0 bridgehead atoms. The smallest absolute Gasteiger partial charge is 0.328 e. The molecule has 0 radical (unpaired) electrons. The van der Waals surface area contributed by atoms with E-state index < -0.39 is 11.9 Å². The minimum absolute atomic E-state index is 0.539. The minimum atomic E-state index is -1.26. The van der Waals surface area contributed by atoms with Crippen molar-refractivity contribution < 1.29 is 19.8 Å². The Balaban J connectivity index is 0.000000392. The molecule has 0 atom stereocenters. The van der Waals surface area contributed by atoms with Gasteiger partial charge in [-0.1, -0.05) is 69.3 Å². The number of hydrogen-bond acceptors (Lipinski definition) is 5.